The third kappa shape index (κ3) is 4.81. The third-order valence-electron chi connectivity index (χ3n) is 3.89. The minimum Gasteiger partial charge on any atom is -0.302 e. The van der Waals surface area contributed by atoms with Crippen molar-refractivity contribution in [3.63, 3.8) is 0 Å². The first kappa shape index (κ1) is 19.2. The molecule has 1 aromatic carbocycles. The first-order valence-electron chi connectivity index (χ1n) is 8.11. The van der Waals surface area contributed by atoms with Crippen molar-refractivity contribution in [1.82, 2.24) is 15.0 Å². The molecule has 2 heterocycles. The number of thiazole rings is 1. The molecule has 0 radical (unpaired) electrons. The van der Waals surface area contributed by atoms with Crippen LogP contribution in [0.3, 0.4) is 0 Å². The monoisotopic (exact) mass is 404 g/mol. The Bertz CT molecular complexity index is 1010. The highest BCUT2D eigenvalue weighted by atomic mass is 32.2. The van der Waals surface area contributed by atoms with Gasteiger partial charge in [0.1, 0.15) is 5.82 Å². The van der Waals surface area contributed by atoms with Gasteiger partial charge in [-0.2, -0.15) is 0 Å². The molecule has 2 N–H and O–H groups in total. The van der Waals surface area contributed by atoms with Crippen LogP contribution in [0.2, 0.25) is 0 Å². The van der Waals surface area contributed by atoms with Crippen LogP contribution < -0.4 is 10.9 Å². The molecule has 0 bridgehead atoms. The van der Waals surface area contributed by atoms with Crippen molar-refractivity contribution in [2.75, 3.05) is 11.6 Å². The average Bonchev–Trinajstić information content (AvgIpc) is 3.09. The van der Waals surface area contributed by atoms with Crippen molar-refractivity contribution in [2.24, 2.45) is 0 Å². The zero-order chi connectivity index (χ0) is 19.4. The molecular weight excluding hydrogens is 387 g/mol. The Morgan fingerprint density at radius 2 is 2.04 bits per heavy atom. The van der Waals surface area contributed by atoms with Crippen LogP contribution >= 0.6 is 23.1 Å². The fraction of sp³-hybridized carbons (Fsp3) is 0.222. The smallest absolute Gasteiger partial charge is 0.254 e. The number of benzene rings is 1. The Morgan fingerprint density at radius 3 is 2.70 bits per heavy atom. The fourth-order valence-corrected chi connectivity index (χ4v) is 3.64. The van der Waals surface area contributed by atoms with E-state index >= 15 is 0 Å². The SMILES string of the molecule is CSc1nc(C)c(CCC(=O)Nc2nc(-c3ccc(F)cc3)cs2)c(=O)[nH]1. The number of carbonyl (C=O) groups excluding carboxylic acids is 1. The maximum Gasteiger partial charge on any atom is 0.254 e. The van der Waals surface area contributed by atoms with Crippen LogP contribution in [0, 0.1) is 12.7 Å². The van der Waals surface area contributed by atoms with Crippen molar-refractivity contribution in [1.29, 1.82) is 0 Å². The van der Waals surface area contributed by atoms with Gasteiger partial charge in [0.15, 0.2) is 10.3 Å². The largest absolute Gasteiger partial charge is 0.302 e. The predicted octanol–water partition coefficient (Wildman–Crippen LogP) is 3.63. The second-order valence-electron chi connectivity index (χ2n) is 5.73. The van der Waals surface area contributed by atoms with Crippen LogP contribution in [0.25, 0.3) is 11.3 Å². The number of hydrogen-bond donors (Lipinski definition) is 2. The van der Waals surface area contributed by atoms with E-state index < -0.39 is 0 Å². The van der Waals surface area contributed by atoms with E-state index in [1.54, 1.807) is 24.4 Å². The van der Waals surface area contributed by atoms with Gasteiger partial charge in [-0.3, -0.25) is 9.59 Å². The Morgan fingerprint density at radius 1 is 1.30 bits per heavy atom. The van der Waals surface area contributed by atoms with Gasteiger partial charge in [-0.05, 0) is 43.9 Å². The number of aryl methyl sites for hydroxylation is 1. The van der Waals surface area contributed by atoms with Crippen LogP contribution in [0.1, 0.15) is 17.7 Å². The minimum atomic E-state index is -0.312. The molecule has 6 nitrogen and oxygen atoms in total. The summed E-state index contributed by atoms with van der Waals surface area (Å²) in [4.78, 5) is 35.6. The Labute approximate surface area is 163 Å². The number of nitrogens with zero attached hydrogens (tertiary/aromatic N) is 2. The molecule has 1 amide bonds. The highest BCUT2D eigenvalue weighted by Gasteiger charge is 2.12. The summed E-state index contributed by atoms with van der Waals surface area (Å²) >= 11 is 2.65. The molecule has 0 fully saturated rings. The predicted molar refractivity (Wildman–Crippen MR) is 106 cm³/mol. The molecule has 27 heavy (non-hydrogen) atoms. The highest BCUT2D eigenvalue weighted by molar-refractivity contribution is 7.98. The Hall–Kier alpha value is -2.52. The lowest BCUT2D eigenvalue weighted by atomic mass is 10.1. The molecule has 0 aliphatic rings. The molecule has 0 atom stereocenters. The number of aromatic nitrogens is 3. The summed E-state index contributed by atoms with van der Waals surface area (Å²) < 4.78 is 13.0. The minimum absolute atomic E-state index is 0.148. The molecule has 0 aliphatic heterocycles. The molecule has 9 heteroatoms. The molecular formula is C18H17FN4O2S2. The average molecular weight is 404 g/mol. The summed E-state index contributed by atoms with van der Waals surface area (Å²) in [7, 11) is 0. The first-order valence-corrected chi connectivity index (χ1v) is 10.2. The molecule has 0 spiro atoms. The summed E-state index contributed by atoms with van der Waals surface area (Å²) in [6.45, 7) is 1.76. The summed E-state index contributed by atoms with van der Waals surface area (Å²) in [5.74, 6) is -0.546. The number of anilines is 1. The lowest BCUT2D eigenvalue weighted by Crippen LogP contribution is -2.20. The van der Waals surface area contributed by atoms with E-state index in [9.17, 15) is 14.0 Å². The van der Waals surface area contributed by atoms with Gasteiger partial charge in [0.25, 0.3) is 5.56 Å². The number of thioether (sulfide) groups is 1. The molecule has 0 unspecified atom stereocenters. The number of carbonyl (C=O) groups is 1. The summed E-state index contributed by atoms with van der Waals surface area (Å²) in [5.41, 5.74) is 2.36. The van der Waals surface area contributed by atoms with Crippen LogP contribution in [0.4, 0.5) is 9.52 Å². The van der Waals surface area contributed by atoms with Gasteiger partial charge in [0.05, 0.1) is 5.69 Å². The van der Waals surface area contributed by atoms with Gasteiger partial charge in [-0.15, -0.1) is 11.3 Å². The van der Waals surface area contributed by atoms with Gasteiger partial charge in [0.2, 0.25) is 5.91 Å². The molecule has 140 valence electrons. The normalized spacial score (nSPS) is 10.8. The number of hydrogen-bond acceptors (Lipinski definition) is 6. The lowest BCUT2D eigenvalue weighted by Gasteiger charge is -2.06. The quantitative estimate of drug-likeness (QED) is 0.484. The highest BCUT2D eigenvalue weighted by Crippen LogP contribution is 2.25. The molecule has 0 saturated heterocycles. The lowest BCUT2D eigenvalue weighted by molar-refractivity contribution is -0.116. The van der Waals surface area contributed by atoms with Gasteiger partial charge < -0.3 is 10.3 Å². The van der Waals surface area contributed by atoms with E-state index in [-0.39, 0.29) is 23.7 Å². The van der Waals surface area contributed by atoms with Crippen molar-refractivity contribution in [2.45, 2.75) is 24.9 Å². The van der Waals surface area contributed by atoms with Gasteiger partial charge >= 0.3 is 0 Å². The summed E-state index contributed by atoms with van der Waals surface area (Å²) in [6.07, 6.45) is 2.28. The van der Waals surface area contributed by atoms with Gasteiger partial charge in [-0.1, -0.05) is 11.8 Å². The summed E-state index contributed by atoms with van der Waals surface area (Å²) in [6, 6.07) is 6.00. The van der Waals surface area contributed by atoms with Crippen LogP contribution in [0.5, 0.6) is 0 Å². The number of nitrogens with one attached hydrogen (secondary N) is 2. The molecule has 0 saturated carbocycles. The molecule has 0 aliphatic carbocycles. The van der Waals surface area contributed by atoms with Gasteiger partial charge in [0, 0.05) is 28.6 Å². The number of amides is 1. The zero-order valence-corrected chi connectivity index (χ0v) is 16.3. The maximum atomic E-state index is 13.0. The summed E-state index contributed by atoms with van der Waals surface area (Å²) in [5, 5.41) is 5.54. The van der Waals surface area contributed by atoms with Crippen molar-refractivity contribution in [3.8, 4) is 11.3 Å². The number of rotatable bonds is 6. The van der Waals surface area contributed by atoms with E-state index in [1.807, 2.05) is 6.26 Å². The van der Waals surface area contributed by atoms with E-state index in [0.29, 0.717) is 33.7 Å². The topological polar surface area (TPSA) is 87.7 Å². The van der Waals surface area contributed by atoms with E-state index in [1.165, 1.54) is 35.2 Å². The maximum absolute atomic E-state index is 13.0. The second-order valence-corrected chi connectivity index (χ2v) is 7.39. The Kier molecular flexibility index (Phi) is 6.02. The van der Waals surface area contributed by atoms with E-state index in [0.717, 1.165) is 5.56 Å². The number of halogens is 1. The van der Waals surface area contributed by atoms with E-state index in [4.69, 9.17) is 0 Å². The zero-order valence-electron chi connectivity index (χ0n) is 14.7. The van der Waals surface area contributed by atoms with Crippen molar-refractivity contribution in [3.05, 3.63) is 57.1 Å². The molecule has 3 aromatic rings. The number of H-pyrrole nitrogens is 1. The van der Waals surface area contributed by atoms with Crippen molar-refractivity contribution < 1.29 is 9.18 Å². The number of aromatic amines is 1. The molecule has 2 aromatic heterocycles. The standard InChI is InChI=1S/C18H17FN4O2S2/c1-10-13(16(25)23-17(20-10)26-2)7-8-15(24)22-18-21-14(9-27-18)11-3-5-12(19)6-4-11/h3-6,9H,7-8H2,1-2H3,(H,20,23,25)(H,21,22,24). The van der Waals surface area contributed by atoms with E-state index in [2.05, 4.69) is 20.3 Å². The van der Waals surface area contributed by atoms with Crippen molar-refractivity contribution >= 4 is 34.1 Å². The fourth-order valence-electron chi connectivity index (χ4n) is 2.48. The Balaban J connectivity index is 1.62. The van der Waals surface area contributed by atoms with Crippen LogP contribution in [-0.4, -0.2) is 27.1 Å². The van der Waals surface area contributed by atoms with Crippen LogP contribution in [0.15, 0.2) is 39.6 Å². The van der Waals surface area contributed by atoms with Gasteiger partial charge in [-0.25, -0.2) is 14.4 Å². The second kappa shape index (κ2) is 8.45. The van der Waals surface area contributed by atoms with Crippen LogP contribution in [-0.2, 0) is 11.2 Å². The first-order chi connectivity index (χ1) is 13.0. The third-order valence-corrected chi connectivity index (χ3v) is 5.22. The molecule has 3 rings (SSSR count).